The summed E-state index contributed by atoms with van der Waals surface area (Å²) < 4.78 is 0. The highest BCUT2D eigenvalue weighted by Gasteiger charge is 2.53. The Hall–Kier alpha value is 0. The molecule has 0 saturated heterocycles. The molecule has 0 heterocycles. The van der Waals surface area contributed by atoms with Crippen LogP contribution in [0.4, 0.5) is 0 Å². The van der Waals surface area contributed by atoms with Gasteiger partial charge in [0.25, 0.3) is 0 Å². The number of rotatable bonds is 0. The smallest absolute Gasteiger partial charge is 0.0349 e. The van der Waals surface area contributed by atoms with Crippen LogP contribution in [0.1, 0.15) is 89.9 Å². The maximum atomic E-state index is 1.67. The minimum Gasteiger partial charge on any atom is -0.0530 e. The van der Waals surface area contributed by atoms with Crippen LogP contribution < -0.4 is 0 Å². The normalized spacial score (nSPS) is 54.5. The van der Waals surface area contributed by atoms with Gasteiger partial charge in [0.2, 0.25) is 0 Å². The lowest BCUT2D eigenvalue weighted by atomic mass is 9.45. The van der Waals surface area contributed by atoms with Crippen molar-refractivity contribution in [1.82, 2.24) is 0 Å². The molecule has 0 aromatic carbocycles. The predicted molar refractivity (Wildman–Crippen MR) is 92.6 cm³/mol. The molecular weight excluding hydrogens is 264 g/mol. The lowest BCUT2D eigenvalue weighted by Gasteiger charge is -2.60. The van der Waals surface area contributed by atoms with E-state index in [0.29, 0.717) is 0 Å². The molecule has 0 aromatic heterocycles. The van der Waals surface area contributed by atoms with Gasteiger partial charge in [-0.05, 0) is 85.9 Å². The first kappa shape index (κ1) is 14.4. The van der Waals surface area contributed by atoms with E-state index < -0.39 is 0 Å². The van der Waals surface area contributed by atoms with Gasteiger partial charge in [-0.15, -0.1) is 0 Å². The molecular formula is C22H36. The Morgan fingerprint density at radius 2 is 0.636 bits per heavy atom. The Kier molecular flexibility index (Phi) is 3.79. The van der Waals surface area contributed by atoms with Crippen molar-refractivity contribution in [2.24, 2.45) is 47.3 Å². The first-order valence-corrected chi connectivity index (χ1v) is 10.9. The largest absolute Gasteiger partial charge is 0.0530 e. The molecule has 0 radical (unpaired) electrons. The van der Waals surface area contributed by atoms with Crippen molar-refractivity contribution >= 4 is 0 Å². The van der Waals surface area contributed by atoms with E-state index >= 15 is 0 Å². The SMILES string of the molecule is C1CC[C@H]2C(C1)[C@H]1C[C@H]3CCCC[C@@H]3C[C@@H]1C1CCCC[C@@H]12. The third-order valence-corrected chi connectivity index (χ3v) is 9.17. The van der Waals surface area contributed by atoms with E-state index in [1.54, 1.807) is 89.9 Å². The molecule has 8 atom stereocenters. The Morgan fingerprint density at radius 1 is 0.318 bits per heavy atom. The van der Waals surface area contributed by atoms with Gasteiger partial charge in [0.05, 0.1) is 0 Å². The maximum absolute atomic E-state index is 1.67. The number of fused-ring (bicyclic) bond motifs is 7. The highest BCUT2D eigenvalue weighted by molar-refractivity contribution is 5.03. The van der Waals surface area contributed by atoms with Gasteiger partial charge in [0.1, 0.15) is 0 Å². The van der Waals surface area contributed by atoms with E-state index in [2.05, 4.69) is 0 Å². The summed E-state index contributed by atoms with van der Waals surface area (Å²) in [7, 11) is 0. The molecule has 5 fully saturated rings. The first-order chi connectivity index (χ1) is 10.9. The average molecular weight is 301 g/mol. The van der Waals surface area contributed by atoms with E-state index in [1.165, 1.54) is 35.5 Å². The van der Waals surface area contributed by atoms with Crippen LogP contribution in [-0.2, 0) is 0 Å². The molecule has 5 aliphatic rings. The standard InChI is InChI=1S/C22H36/c1-2-8-16-14-22-20-12-6-4-10-18(20)17-9-3-5-11-19(17)21(22)13-15(16)7-1/h15-22H,1-14H2/t15-,16-,17-,18-,19?,20?,21-,22-/m1/s1. The molecule has 0 aliphatic heterocycles. The molecule has 5 saturated carbocycles. The van der Waals surface area contributed by atoms with Crippen molar-refractivity contribution in [3.05, 3.63) is 0 Å². The Balaban J connectivity index is 1.45. The molecule has 2 unspecified atom stereocenters. The van der Waals surface area contributed by atoms with E-state index in [4.69, 9.17) is 0 Å². The fourth-order valence-electron chi connectivity index (χ4n) is 8.44. The van der Waals surface area contributed by atoms with Crippen LogP contribution in [0.3, 0.4) is 0 Å². The second-order valence-corrected chi connectivity index (χ2v) is 9.83. The van der Waals surface area contributed by atoms with Crippen LogP contribution >= 0.6 is 0 Å². The molecule has 0 amide bonds. The van der Waals surface area contributed by atoms with Gasteiger partial charge in [-0.1, -0.05) is 51.4 Å². The van der Waals surface area contributed by atoms with E-state index in [9.17, 15) is 0 Å². The van der Waals surface area contributed by atoms with Crippen molar-refractivity contribution in [1.29, 1.82) is 0 Å². The third-order valence-electron chi connectivity index (χ3n) is 9.17. The third kappa shape index (κ3) is 2.22. The molecule has 0 heteroatoms. The number of hydrogen-bond donors (Lipinski definition) is 0. The zero-order valence-electron chi connectivity index (χ0n) is 14.5. The summed E-state index contributed by atoms with van der Waals surface area (Å²) in [5.74, 6) is 9.31. The molecule has 124 valence electrons. The minimum atomic E-state index is 1.15. The van der Waals surface area contributed by atoms with Crippen molar-refractivity contribution in [2.75, 3.05) is 0 Å². The van der Waals surface area contributed by atoms with Crippen molar-refractivity contribution in [2.45, 2.75) is 89.9 Å². The van der Waals surface area contributed by atoms with Crippen molar-refractivity contribution < 1.29 is 0 Å². The topological polar surface area (TPSA) is 0 Å². The zero-order valence-corrected chi connectivity index (χ0v) is 14.5. The zero-order chi connectivity index (χ0) is 14.5. The van der Waals surface area contributed by atoms with Gasteiger partial charge in [-0.25, -0.2) is 0 Å². The summed E-state index contributed by atoms with van der Waals surface area (Å²) in [6, 6.07) is 0. The summed E-state index contributed by atoms with van der Waals surface area (Å²) in [5.41, 5.74) is 0. The number of hydrogen-bond acceptors (Lipinski definition) is 0. The van der Waals surface area contributed by atoms with Crippen LogP contribution in [0.5, 0.6) is 0 Å². The monoisotopic (exact) mass is 300 g/mol. The quantitative estimate of drug-likeness (QED) is 0.482. The molecule has 0 N–H and O–H groups in total. The van der Waals surface area contributed by atoms with Gasteiger partial charge in [0.15, 0.2) is 0 Å². The highest BCUT2D eigenvalue weighted by atomic mass is 14.6. The molecule has 22 heavy (non-hydrogen) atoms. The molecule has 5 rings (SSSR count). The van der Waals surface area contributed by atoms with Crippen LogP contribution in [0.25, 0.3) is 0 Å². The van der Waals surface area contributed by atoms with Gasteiger partial charge >= 0.3 is 0 Å². The van der Waals surface area contributed by atoms with Crippen LogP contribution in [0.15, 0.2) is 0 Å². The Labute approximate surface area is 137 Å². The fraction of sp³-hybridized carbons (Fsp3) is 1.00. The second kappa shape index (κ2) is 5.82. The second-order valence-electron chi connectivity index (χ2n) is 9.83. The van der Waals surface area contributed by atoms with Gasteiger partial charge < -0.3 is 0 Å². The van der Waals surface area contributed by atoms with Crippen LogP contribution in [-0.4, -0.2) is 0 Å². The van der Waals surface area contributed by atoms with Crippen LogP contribution in [0, 0.1) is 47.3 Å². The van der Waals surface area contributed by atoms with Gasteiger partial charge in [0, 0.05) is 0 Å². The van der Waals surface area contributed by atoms with E-state index in [-0.39, 0.29) is 0 Å². The Bertz CT molecular complexity index is 361. The molecule has 5 aliphatic carbocycles. The summed E-state index contributed by atoms with van der Waals surface area (Å²) >= 11 is 0. The summed E-state index contributed by atoms with van der Waals surface area (Å²) in [6.45, 7) is 0. The lowest BCUT2D eigenvalue weighted by molar-refractivity contribution is -0.105. The first-order valence-electron chi connectivity index (χ1n) is 10.9. The van der Waals surface area contributed by atoms with Gasteiger partial charge in [-0.2, -0.15) is 0 Å². The summed E-state index contributed by atoms with van der Waals surface area (Å²) in [6.07, 6.45) is 22.4. The van der Waals surface area contributed by atoms with E-state index in [0.717, 1.165) is 11.8 Å². The van der Waals surface area contributed by atoms with Crippen molar-refractivity contribution in [3.8, 4) is 0 Å². The highest BCUT2D eigenvalue weighted by Crippen LogP contribution is 2.62. The minimum absolute atomic E-state index is 1.15. The molecule has 0 aromatic rings. The predicted octanol–water partition coefficient (Wildman–Crippen LogP) is 6.45. The molecule has 0 spiro atoms. The maximum Gasteiger partial charge on any atom is -0.0349 e. The lowest BCUT2D eigenvalue weighted by Crippen LogP contribution is -2.52. The molecule has 0 bridgehead atoms. The van der Waals surface area contributed by atoms with E-state index in [1.807, 2.05) is 0 Å². The van der Waals surface area contributed by atoms with Crippen LogP contribution in [0.2, 0.25) is 0 Å². The average Bonchev–Trinajstić information content (AvgIpc) is 2.61. The fourth-order valence-corrected chi connectivity index (χ4v) is 8.44. The molecule has 0 nitrogen and oxygen atoms in total. The summed E-state index contributed by atoms with van der Waals surface area (Å²) in [4.78, 5) is 0. The summed E-state index contributed by atoms with van der Waals surface area (Å²) in [5, 5.41) is 0. The Morgan fingerprint density at radius 3 is 1.05 bits per heavy atom. The van der Waals surface area contributed by atoms with Crippen molar-refractivity contribution in [3.63, 3.8) is 0 Å². The van der Waals surface area contributed by atoms with Gasteiger partial charge in [-0.3, -0.25) is 0 Å².